The van der Waals surface area contributed by atoms with Gasteiger partial charge in [0.15, 0.2) is 5.82 Å². The molecule has 5 nitrogen and oxygen atoms in total. The summed E-state index contributed by atoms with van der Waals surface area (Å²) in [5.41, 5.74) is 1.39. The van der Waals surface area contributed by atoms with Crippen LogP contribution in [0.25, 0.3) is 22.4 Å². The predicted octanol–water partition coefficient (Wildman–Crippen LogP) is 3.68. The first kappa shape index (κ1) is 17.0. The van der Waals surface area contributed by atoms with Gasteiger partial charge in [-0.2, -0.15) is 9.50 Å². The van der Waals surface area contributed by atoms with Gasteiger partial charge in [-0.1, -0.05) is 40.6 Å². The maximum atomic E-state index is 12.6. The van der Waals surface area contributed by atoms with Crippen LogP contribution in [-0.2, 0) is 0 Å². The molecular formula is C18H11Cl2N3O2S. The summed E-state index contributed by atoms with van der Waals surface area (Å²) in [5, 5.41) is 5.24. The molecule has 0 unspecified atom stereocenters. The van der Waals surface area contributed by atoms with Crippen molar-refractivity contribution in [2.24, 2.45) is 0 Å². The molecule has 2 aromatic carbocycles. The second-order valence-electron chi connectivity index (χ2n) is 5.45. The molecule has 130 valence electrons. The van der Waals surface area contributed by atoms with Crippen molar-refractivity contribution < 1.29 is 4.74 Å². The summed E-state index contributed by atoms with van der Waals surface area (Å²) in [5.74, 6) is 1.25. The smallest absolute Gasteiger partial charge is 0.291 e. The first-order valence-electron chi connectivity index (χ1n) is 7.56. The molecule has 0 saturated heterocycles. The Morgan fingerprint density at radius 2 is 1.88 bits per heavy atom. The van der Waals surface area contributed by atoms with Crippen molar-refractivity contribution in [3.63, 3.8) is 0 Å². The second-order valence-corrected chi connectivity index (χ2v) is 7.27. The van der Waals surface area contributed by atoms with Crippen LogP contribution in [0.3, 0.4) is 0 Å². The Hall–Kier alpha value is -2.41. The summed E-state index contributed by atoms with van der Waals surface area (Å²) in [4.78, 5) is 17.6. The first-order chi connectivity index (χ1) is 12.5. The zero-order valence-corrected chi connectivity index (χ0v) is 15.8. The molecule has 0 aliphatic rings. The summed E-state index contributed by atoms with van der Waals surface area (Å²) in [7, 11) is 1.61. The molecule has 0 bridgehead atoms. The highest BCUT2D eigenvalue weighted by atomic mass is 35.5. The molecule has 0 spiro atoms. The van der Waals surface area contributed by atoms with Crippen molar-refractivity contribution >= 4 is 45.6 Å². The van der Waals surface area contributed by atoms with Gasteiger partial charge in [-0.05, 0) is 48.0 Å². The second kappa shape index (κ2) is 6.72. The van der Waals surface area contributed by atoms with Crippen molar-refractivity contribution in [2.45, 2.75) is 0 Å². The van der Waals surface area contributed by atoms with E-state index >= 15 is 0 Å². The third-order valence-corrected chi connectivity index (χ3v) is 5.47. The molecule has 4 aromatic rings. The van der Waals surface area contributed by atoms with E-state index in [4.69, 9.17) is 27.9 Å². The molecule has 0 atom stereocenters. The maximum absolute atomic E-state index is 12.6. The molecule has 26 heavy (non-hydrogen) atoms. The molecular weight excluding hydrogens is 393 g/mol. The minimum absolute atomic E-state index is 0.219. The fourth-order valence-electron chi connectivity index (χ4n) is 2.45. The molecule has 0 N–H and O–H groups in total. The average Bonchev–Trinajstić information content (AvgIpc) is 3.18. The maximum Gasteiger partial charge on any atom is 0.291 e. The summed E-state index contributed by atoms with van der Waals surface area (Å²) >= 11 is 13.2. The minimum atomic E-state index is -0.219. The SMILES string of the molecule is COc1ccc(-c2nc3s/c(=C/c4ccc(Cl)c(Cl)c4)c(=O)n3n2)cc1. The Morgan fingerprint density at radius 1 is 1.12 bits per heavy atom. The van der Waals surface area contributed by atoms with Crippen LogP contribution in [0.5, 0.6) is 5.75 Å². The molecule has 2 aromatic heterocycles. The number of rotatable bonds is 3. The van der Waals surface area contributed by atoms with Crippen molar-refractivity contribution in [1.82, 2.24) is 14.6 Å². The Bertz CT molecular complexity index is 1220. The molecule has 0 amide bonds. The van der Waals surface area contributed by atoms with Gasteiger partial charge in [0.2, 0.25) is 4.96 Å². The van der Waals surface area contributed by atoms with Gasteiger partial charge in [0.1, 0.15) is 5.75 Å². The third kappa shape index (κ3) is 3.07. The van der Waals surface area contributed by atoms with E-state index in [2.05, 4.69) is 10.1 Å². The van der Waals surface area contributed by atoms with Gasteiger partial charge >= 0.3 is 0 Å². The monoisotopic (exact) mass is 403 g/mol. The molecule has 8 heteroatoms. The van der Waals surface area contributed by atoms with E-state index in [1.165, 1.54) is 15.9 Å². The standard InChI is InChI=1S/C18H11Cl2N3O2S/c1-25-12-5-3-11(4-6-12)16-21-18-23(22-16)17(24)15(26-18)9-10-2-7-13(19)14(20)8-10/h2-9H,1H3/b15-9+. The molecule has 4 rings (SSSR count). The van der Waals surface area contributed by atoms with Gasteiger partial charge in [-0.15, -0.1) is 5.10 Å². The van der Waals surface area contributed by atoms with Crippen LogP contribution in [-0.4, -0.2) is 21.7 Å². The number of fused-ring (bicyclic) bond motifs is 1. The fraction of sp³-hybridized carbons (Fsp3) is 0.0556. The number of halogens is 2. The zero-order chi connectivity index (χ0) is 18.3. The lowest BCUT2D eigenvalue weighted by Gasteiger charge is -1.99. The lowest BCUT2D eigenvalue weighted by atomic mass is 10.2. The van der Waals surface area contributed by atoms with E-state index in [9.17, 15) is 4.79 Å². The Morgan fingerprint density at radius 3 is 2.54 bits per heavy atom. The molecule has 0 aliphatic carbocycles. The van der Waals surface area contributed by atoms with E-state index in [-0.39, 0.29) is 5.56 Å². The summed E-state index contributed by atoms with van der Waals surface area (Å²) < 4.78 is 6.98. The summed E-state index contributed by atoms with van der Waals surface area (Å²) in [6, 6.07) is 12.6. The molecule has 0 fully saturated rings. The topological polar surface area (TPSA) is 56.5 Å². The van der Waals surface area contributed by atoms with Crippen LogP contribution in [0.2, 0.25) is 10.0 Å². The Labute approximate surface area is 162 Å². The number of aromatic nitrogens is 3. The number of benzene rings is 2. The summed E-state index contributed by atoms with van der Waals surface area (Å²) in [6.07, 6.45) is 1.75. The first-order valence-corrected chi connectivity index (χ1v) is 9.13. The van der Waals surface area contributed by atoms with Gasteiger partial charge in [0, 0.05) is 5.56 Å². The minimum Gasteiger partial charge on any atom is -0.497 e. The van der Waals surface area contributed by atoms with E-state index in [0.717, 1.165) is 16.9 Å². The van der Waals surface area contributed by atoms with Crippen LogP contribution in [0, 0.1) is 0 Å². The van der Waals surface area contributed by atoms with Crippen LogP contribution >= 0.6 is 34.5 Å². The van der Waals surface area contributed by atoms with Crippen molar-refractivity contribution in [3.05, 3.63) is 73.0 Å². The quantitative estimate of drug-likeness (QED) is 0.523. The fourth-order valence-corrected chi connectivity index (χ4v) is 3.66. The lowest BCUT2D eigenvalue weighted by molar-refractivity contribution is 0.415. The molecule has 2 heterocycles. The Balaban J connectivity index is 1.76. The highest BCUT2D eigenvalue weighted by Gasteiger charge is 2.12. The molecule has 0 aliphatic heterocycles. The van der Waals surface area contributed by atoms with Gasteiger partial charge in [0.25, 0.3) is 5.56 Å². The van der Waals surface area contributed by atoms with E-state index in [0.29, 0.717) is 25.4 Å². The zero-order valence-electron chi connectivity index (χ0n) is 13.4. The highest BCUT2D eigenvalue weighted by Crippen LogP contribution is 2.23. The Kier molecular flexibility index (Phi) is 4.40. The van der Waals surface area contributed by atoms with E-state index in [1.807, 2.05) is 24.3 Å². The van der Waals surface area contributed by atoms with Crippen LogP contribution in [0.15, 0.2) is 47.3 Å². The number of methoxy groups -OCH3 is 1. The van der Waals surface area contributed by atoms with Crippen molar-refractivity contribution in [1.29, 1.82) is 0 Å². The van der Waals surface area contributed by atoms with Gasteiger partial charge in [-0.3, -0.25) is 4.79 Å². The van der Waals surface area contributed by atoms with E-state index in [1.54, 1.807) is 31.4 Å². The average molecular weight is 404 g/mol. The number of hydrogen-bond donors (Lipinski definition) is 0. The van der Waals surface area contributed by atoms with Crippen LogP contribution in [0.4, 0.5) is 0 Å². The number of ether oxygens (including phenoxy) is 1. The highest BCUT2D eigenvalue weighted by molar-refractivity contribution is 7.15. The lowest BCUT2D eigenvalue weighted by Crippen LogP contribution is -2.23. The van der Waals surface area contributed by atoms with E-state index < -0.39 is 0 Å². The number of hydrogen-bond acceptors (Lipinski definition) is 5. The van der Waals surface area contributed by atoms with Gasteiger partial charge in [0.05, 0.1) is 21.7 Å². The number of thiazole rings is 1. The van der Waals surface area contributed by atoms with Crippen LogP contribution in [0.1, 0.15) is 5.56 Å². The number of nitrogens with zero attached hydrogens (tertiary/aromatic N) is 3. The predicted molar refractivity (Wildman–Crippen MR) is 104 cm³/mol. The largest absolute Gasteiger partial charge is 0.497 e. The molecule has 0 saturated carbocycles. The van der Waals surface area contributed by atoms with Crippen molar-refractivity contribution in [2.75, 3.05) is 7.11 Å². The van der Waals surface area contributed by atoms with Gasteiger partial charge in [-0.25, -0.2) is 0 Å². The normalized spacial score (nSPS) is 12.0. The van der Waals surface area contributed by atoms with Crippen LogP contribution < -0.4 is 14.8 Å². The molecule has 0 radical (unpaired) electrons. The third-order valence-electron chi connectivity index (χ3n) is 3.77. The van der Waals surface area contributed by atoms with Gasteiger partial charge < -0.3 is 4.74 Å². The summed E-state index contributed by atoms with van der Waals surface area (Å²) in [6.45, 7) is 0. The van der Waals surface area contributed by atoms with Crippen molar-refractivity contribution in [3.8, 4) is 17.1 Å².